The Kier molecular flexibility index (Phi) is 6.00. The number of hydrogen-bond acceptors (Lipinski definition) is 7. The van der Waals surface area contributed by atoms with Gasteiger partial charge in [0.1, 0.15) is 6.10 Å². The summed E-state index contributed by atoms with van der Waals surface area (Å²) in [4.78, 5) is 14.3. The molecule has 0 bridgehead atoms. The van der Waals surface area contributed by atoms with Crippen molar-refractivity contribution in [1.29, 1.82) is 0 Å². The third-order valence-corrected chi connectivity index (χ3v) is 6.89. The number of nitrogens with one attached hydrogen (secondary N) is 1. The molecule has 1 saturated heterocycles. The number of aromatic nitrogens is 3. The van der Waals surface area contributed by atoms with E-state index < -0.39 is 0 Å². The van der Waals surface area contributed by atoms with E-state index in [2.05, 4.69) is 10.3 Å². The predicted octanol–water partition coefficient (Wildman–Crippen LogP) is 3.96. The molecule has 0 aromatic carbocycles. The van der Waals surface area contributed by atoms with Gasteiger partial charge in [-0.2, -0.15) is 0 Å². The van der Waals surface area contributed by atoms with E-state index in [1.54, 1.807) is 0 Å². The molecular weight excluding hydrogens is 380 g/mol. The summed E-state index contributed by atoms with van der Waals surface area (Å²) in [5.41, 5.74) is 2.11. The van der Waals surface area contributed by atoms with E-state index in [1.807, 2.05) is 12.4 Å². The van der Waals surface area contributed by atoms with Crippen molar-refractivity contribution in [1.82, 2.24) is 15.0 Å². The van der Waals surface area contributed by atoms with E-state index in [0.29, 0.717) is 23.8 Å². The Hall–Kier alpha value is -1.99. The van der Waals surface area contributed by atoms with Gasteiger partial charge in [-0.1, -0.05) is 12.8 Å². The molecule has 3 heterocycles. The normalized spacial score (nSPS) is 26.2. The second-order valence-electron chi connectivity index (χ2n) is 9.04. The molecular formula is C23H32N4O3. The van der Waals surface area contributed by atoms with Crippen LogP contribution in [0.15, 0.2) is 12.4 Å². The van der Waals surface area contributed by atoms with Crippen molar-refractivity contribution in [3.8, 4) is 5.88 Å². The number of nitrogens with zero attached hydrogens (tertiary/aromatic N) is 3. The zero-order valence-electron chi connectivity index (χ0n) is 17.6. The Labute approximate surface area is 177 Å². The van der Waals surface area contributed by atoms with Crippen LogP contribution in [-0.4, -0.2) is 51.5 Å². The van der Waals surface area contributed by atoms with Crippen molar-refractivity contribution in [3.63, 3.8) is 0 Å². The van der Waals surface area contributed by atoms with Crippen molar-refractivity contribution >= 4 is 16.9 Å². The lowest BCUT2D eigenvalue weighted by Gasteiger charge is -2.27. The number of aliphatic hydroxyl groups is 1. The Morgan fingerprint density at radius 2 is 1.70 bits per heavy atom. The van der Waals surface area contributed by atoms with Gasteiger partial charge in [-0.25, -0.2) is 15.0 Å². The molecule has 0 amide bonds. The van der Waals surface area contributed by atoms with Crippen molar-refractivity contribution in [2.24, 2.45) is 0 Å². The van der Waals surface area contributed by atoms with Gasteiger partial charge in [0.25, 0.3) is 0 Å². The van der Waals surface area contributed by atoms with E-state index in [9.17, 15) is 5.11 Å². The molecule has 5 rings (SSSR count). The minimum atomic E-state index is -0.175. The van der Waals surface area contributed by atoms with Crippen LogP contribution < -0.4 is 10.1 Å². The molecule has 30 heavy (non-hydrogen) atoms. The number of anilines is 1. The van der Waals surface area contributed by atoms with Gasteiger partial charge >= 0.3 is 0 Å². The molecule has 162 valence electrons. The Morgan fingerprint density at radius 1 is 0.933 bits per heavy atom. The first-order chi connectivity index (χ1) is 14.8. The van der Waals surface area contributed by atoms with Crippen LogP contribution in [0.2, 0.25) is 0 Å². The summed E-state index contributed by atoms with van der Waals surface area (Å²) >= 11 is 0. The molecule has 0 atom stereocenters. The van der Waals surface area contributed by atoms with Crippen LogP contribution in [0.5, 0.6) is 5.88 Å². The molecule has 3 aliphatic rings. The maximum atomic E-state index is 9.94. The summed E-state index contributed by atoms with van der Waals surface area (Å²) in [6.07, 6.45) is 14.1. The smallest absolute Gasteiger partial charge is 0.224 e. The van der Waals surface area contributed by atoms with E-state index >= 15 is 0 Å². The van der Waals surface area contributed by atoms with Crippen LogP contribution in [0.25, 0.3) is 10.9 Å². The van der Waals surface area contributed by atoms with E-state index in [0.717, 1.165) is 68.2 Å². The fourth-order valence-electron chi connectivity index (χ4n) is 5.07. The van der Waals surface area contributed by atoms with Crippen LogP contribution in [-0.2, 0) is 4.74 Å². The third kappa shape index (κ3) is 4.37. The van der Waals surface area contributed by atoms with Crippen LogP contribution in [0.4, 0.5) is 5.95 Å². The van der Waals surface area contributed by atoms with Gasteiger partial charge in [0, 0.05) is 36.8 Å². The average molecular weight is 413 g/mol. The molecule has 2 N–H and O–H groups in total. The molecule has 0 spiro atoms. The van der Waals surface area contributed by atoms with E-state index in [-0.39, 0.29) is 12.2 Å². The highest BCUT2D eigenvalue weighted by Crippen LogP contribution is 2.38. The lowest BCUT2D eigenvalue weighted by molar-refractivity contribution is 0.0244. The predicted molar refractivity (Wildman–Crippen MR) is 115 cm³/mol. The maximum absolute atomic E-state index is 9.94. The van der Waals surface area contributed by atoms with Gasteiger partial charge in [-0.3, -0.25) is 0 Å². The van der Waals surface area contributed by atoms with Gasteiger partial charge in [-0.15, -0.1) is 0 Å². The summed E-state index contributed by atoms with van der Waals surface area (Å²) in [6.45, 7) is 1.47. The molecule has 0 radical (unpaired) electrons. The lowest BCUT2D eigenvalue weighted by atomic mass is 9.83. The molecule has 1 aliphatic heterocycles. The minimum Gasteiger partial charge on any atom is -0.474 e. The first-order valence-corrected chi connectivity index (χ1v) is 11.6. The number of fused-ring (bicyclic) bond motifs is 1. The van der Waals surface area contributed by atoms with E-state index in [4.69, 9.17) is 19.4 Å². The molecule has 0 unspecified atom stereocenters. The number of pyridine rings is 1. The second-order valence-corrected chi connectivity index (χ2v) is 9.04. The molecule has 7 nitrogen and oxygen atoms in total. The number of rotatable bonds is 5. The quantitative estimate of drug-likeness (QED) is 0.768. The highest BCUT2D eigenvalue weighted by atomic mass is 16.5. The largest absolute Gasteiger partial charge is 0.474 e. The first-order valence-electron chi connectivity index (χ1n) is 11.6. The molecule has 7 heteroatoms. The molecule has 2 aromatic rings. The van der Waals surface area contributed by atoms with E-state index in [1.165, 1.54) is 25.7 Å². The van der Waals surface area contributed by atoms with Crippen LogP contribution in [0.3, 0.4) is 0 Å². The summed E-state index contributed by atoms with van der Waals surface area (Å²) in [7, 11) is 0. The zero-order valence-corrected chi connectivity index (χ0v) is 17.6. The third-order valence-electron chi connectivity index (χ3n) is 6.89. The van der Waals surface area contributed by atoms with Gasteiger partial charge in [0.2, 0.25) is 11.8 Å². The van der Waals surface area contributed by atoms with Crippen LogP contribution in [0, 0.1) is 0 Å². The fraction of sp³-hybridized carbons (Fsp3) is 0.696. The monoisotopic (exact) mass is 412 g/mol. The Bertz CT molecular complexity index is 857. The number of aliphatic hydroxyl groups excluding tert-OH is 1. The first kappa shape index (κ1) is 19.9. The molecule has 3 fully saturated rings. The fourth-order valence-corrected chi connectivity index (χ4v) is 5.07. The molecule has 2 aliphatic carbocycles. The number of hydrogen-bond donors (Lipinski definition) is 2. The van der Waals surface area contributed by atoms with Crippen molar-refractivity contribution in [3.05, 3.63) is 18.0 Å². The number of ether oxygens (including phenoxy) is 2. The van der Waals surface area contributed by atoms with Crippen molar-refractivity contribution < 1.29 is 14.6 Å². The molecule has 2 saturated carbocycles. The van der Waals surface area contributed by atoms with Crippen molar-refractivity contribution in [2.45, 2.75) is 88.4 Å². The SMILES string of the molecule is OC1CCC(c2cnc(OC3CCOCC3)c3cnc(NC4CCCC4)nc23)CC1. The Morgan fingerprint density at radius 3 is 2.47 bits per heavy atom. The standard InChI is InChI=1S/C23H32N4O3/c28-17-7-5-15(6-8-17)19-13-24-22(30-18-9-11-29-12-10-18)20-14-25-23(27-21(19)20)26-16-3-1-2-4-16/h13-18,28H,1-12H2,(H,25,26,27). The Balaban J connectivity index is 1.47. The molecule has 2 aromatic heterocycles. The lowest BCUT2D eigenvalue weighted by Crippen LogP contribution is -2.26. The summed E-state index contributed by atoms with van der Waals surface area (Å²) in [5, 5.41) is 14.4. The van der Waals surface area contributed by atoms with Gasteiger partial charge in [-0.05, 0) is 44.4 Å². The summed E-state index contributed by atoms with van der Waals surface area (Å²) in [6, 6.07) is 0.468. The second kappa shape index (κ2) is 9.02. The van der Waals surface area contributed by atoms with Gasteiger partial charge < -0.3 is 19.9 Å². The maximum Gasteiger partial charge on any atom is 0.224 e. The van der Waals surface area contributed by atoms with Gasteiger partial charge in [0.05, 0.1) is 30.2 Å². The minimum absolute atomic E-state index is 0.126. The highest BCUT2D eigenvalue weighted by Gasteiger charge is 2.26. The van der Waals surface area contributed by atoms with Gasteiger partial charge in [0.15, 0.2) is 0 Å². The zero-order chi connectivity index (χ0) is 20.3. The van der Waals surface area contributed by atoms with Crippen LogP contribution >= 0.6 is 0 Å². The highest BCUT2D eigenvalue weighted by molar-refractivity contribution is 5.86. The average Bonchev–Trinajstić information content (AvgIpc) is 3.28. The summed E-state index contributed by atoms with van der Waals surface area (Å²) in [5.74, 6) is 1.70. The summed E-state index contributed by atoms with van der Waals surface area (Å²) < 4.78 is 11.7. The topological polar surface area (TPSA) is 89.4 Å². The van der Waals surface area contributed by atoms with Crippen LogP contribution in [0.1, 0.15) is 75.7 Å². The van der Waals surface area contributed by atoms with Crippen molar-refractivity contribution in [2.75, 3.05) is 18.5 Å².